The molecular formula is C12H21NO3. The molecule has 2 fully saturated rings. The van der Waals surface area contributed by atoms with Crippen molar-refractivity contribution in [3.05, 3.63) is 0 Å². The lowest BCUT2D eigenvalue weighted by molar-refractivity contribution is -0.151. The summed E-state index contributed by atoms with van der Waals surface area (Å²) in [7, 11) is 0. The molecular weight excluding hydrogens is 206 g/mol. The van der Waals surface area contributed by atoms with E-state index in [4.69, 9.17) is 9.47 Å². The minimum atomic E-state index is -0.564. The highest BCUT2D eigenvalue weighted by molar-refractivity contribution is 5.81. The largest absolute Gasteiger partial charge is 0.465 e. The van der Waals surface area contributed by atoms with Crippen molar-refractivity contribution < 1.29 is 14.3 Å². The molecule has 1 atom stereocenters. The Hall–Kier alpha value is -0.610. The van der Waals surface area contributed by atoms with Crippen LogP contribution >= 0.6 is 0 Å². The normalized spacial score (nSPS) is 30.8. The minimum absolute atomic E-state index is 0.139. The Labute approximate surface area is 96.7 Å². The van der Waals surface area contributed by atoms with Crippen molar-refractivity contribution in [3.8, 4) is 0 Å². The lowest BCUT2D eigenvalue weighted by atomic mass is 9.97. The molecule has 2 aliphatic rings. The van der Waals surface area contributed by atoms with E-state index < -0.39 is 5.54 Å². The molecule has 0 aromatic carbocycles. The highest BCUT2D eigenvalue weighted by atomic mass is 16.5. The number of rotatable bonds is 4. The Bertz CT molecular complexity index is 243. The van der Waals surface area contributed by atoms with Gasteiger partial charge in [-0.3, -0.25) is 5.32 Å². The first-order valence-electron chi connectivity index (χ1n) is 6.29. The third-order valence-electron chi connectivity index (χ3n) is 3.52. The van der Waals surface area contributed by atoms with Crippen molar-refractivity contribution >= 4 is 5.97 Å². The second-order valence-electron chi connectivity index (χ2n) is 4.73. The third kappa shape index (κ3) is 2.38. The average molecular weight is 227 g/mol. The van der Waals surface area contributed by atoms with E-state index >= 15 is 0 Å². The van der Waals surface area contributed by atoms with Crippen LogP contribution in [0, 0.1) is 0 Å². The summed E-state index contributed by atoms with van der Waals surface area (Å²) >= 11 is 0. The van der Waals surface area contributed by atoms with Crippen LogP contribution in [0.5, 0.6) is 0 Å². The molecule has 0 bridgehead atoms. The molecule has 92 valence electrons. The minimum Gasteiger partial charge on any atom is -0.465 e. The average Bonchev–Trinajstić information content (AvgIpc) is 2.91. The maximum atomic E-state index is 12.0. The number of hydrogen-bond acceptors (Lipinski definition) is 4. The summed E-state index contributed by atoms with van der Waals surface area (Å²) in [4.78, 5) is 12.0. The van der Waals surface area contributed by atoms with Gasteiger partial charge < -0.3 is 9.47 Å². The third-order valence-corrected chi connectivity index (χ3v) is 3.52. The number of hydrogen-bond donors (Lipinski definition) is 1. The zero-order valence-corrected chi connectivity index (χ0v) is 9.96. The van der Waals surface area contributed by atoms with Gasteiger partial charge in [-0.15, -0.1) is 0 Å². The molecule has 0 spiro atoms. The number of esters is 1. The van der Waals surface area contributed by atoms with Crippen molar-refractivity contribution in [1.29, 1.82) is 0 Å². The van der Waals surface area contributed by atoms with Gasteiger partial charge >= 0.3 is 5.97 Å². The maximum Gasteiger partial charge on any atom is 0.328 e. The summed E-state index contributed by atoms with van der Waals surface area (Å²) in [5.74, 6) is -0.139. The Morgan fingerprint density at radius 2 is 2.25 bits per heavy atom. The van der Waals surface area contributed by atoms with Gasteiger partial charge in [0.2, 0.25) is 0 Å². The van der Waals surface area contributed by atoms with Gasteiger partial charge in [0, 0.05) is 19.1 Å². The van der Waals surface area contributed by atoms with E-state index in [-0.39, 0.29) is 5.97 Å². The van der Waals surface area contributed by atoms with E-state index in [2.05, 4.69) is 5.32 Å². The van der Waals surface area contributed by atoms with Crippen LogP contribution in [0.1, 0.15) is 39.0 Å². The quantitative estimate of drug-likeness (QED) is 0.734. The first-order valence-corrected chi connectivity index (χ1v) is 6.29. The number of carbonyl (C=O) groups is 1. The predicted molar refractivity (Wildman–Crippen MR) is 60.2 cm³/mol. The van der Waals surface area contributed by atoms with Crippen LogP contribution in [-0.2, 0) is 14.3 Å². The van der Waals surface area contributed by atoms with E-state index in [1.165, 1.54) is 25.7 Å². The summed E-state index contributed by atoms with van der Waals surface area (Å²) in [6, 6.07) is 0.464. The summed E-state index contributed by atoms with van der Waals surface area (Å²) < 4.78 is 10.5. The van der Waals surface area contributed by atoms with Crippen LogP contribution in [0.2, 0.25) is 0 Å². The molecule has 0 aromatic rings. The van der Waals surface area contributed by atoms with Crippen molar-refractivity contribution in [2.75, 3.05) is 19.8 Å². The molecule has 4 nitrogen and oxygen atoms in total. The summed E-state index contributed by atoms with van der Waals surface area (Å²) in [5.41, 5.74) is -0.564. The van der Waals surface area contributed by atoms with Gasteiger partial charge in [0.05, 0.1) is 13.2 Å². The van der Waals surface area contributed by atoms with Crippen LogP contribution in [0.25, 0.3) is 0 Å². The van der Waals surface area contributed by atoms with Gasteiger partial charge in [-0.25, -0.2) is 4.79 Å². The molecule has 1 saturated carbocycles. The maximum absolute atomic E-state index is 12.0. The smallest absolute Gasteiger partial charge is 0.328 e. The van der Waals surface area contributed by atoms with Crippen molar-refractivity contribution in [1.82, 2.24) is 5.32 Å². The molecule has 1 saturated heterocycles. The van der Waals surface area contributed by atoms with Crippen LogP contribution in [0.4, 0.5) is 0 Å². The number of ether oxygens (including phenoxy) is 2. The van der Waals surface area contributed by atoms with Gasteiger partial charge in [0.1, 0.15) is 5.54 Å². The highest BCUT2D eigenvalue weighted by Gasteiger charge is 2.45. The van der Waals surface area contributed by atoms with Gasteiger partial charge in [-0.1, -0.05) is 12.8 Å². The van der Waals surface area contributed by atoms with Gasteiger partial charge in [0.15, 0.2) is 0 Å². The molecule has 1 heterocycles. The van der Waals surface area contributed by atoms with Crippen LogP contribution in [-0.4, -0.2) is 37.4 Å². The zero-order valence-electron chi connectivity index (χ0n) is 9.96. The van der Waals surface area contributed by atoms with Crippen LogP contribution in [0.3, 0.4) is 0 Å². The summed E-state index contributed by atoms with van der Waals surface area (Å²) in [6.45, 7) is 3.39. The second kappa shape index (κ2) is 5.15. The standard InChI is InChI=1S/C12H21NO3/c1-2-16-11(14)12(7-8-15-9-12)13-10-5-3-4-6-10/h10,13H,2-9H2,1H3. The van der Waals surface area contributed by atoms with Crippen molar-refractivity contribution in [2.45, 2.75) is 50.6 Å². The molecule has 0 aromatic heterocycles. The topological polar surface area (TPSA) is 47.6 Å². The number of carbonyl (C=O) groups excluding carboxylic acids is 1. The molecule has 16 heavy (non-hydrogen) atoms. The first kappa shape index (κ1) is 11.9. The first-order chi connectivity index (χ1) is 7.77. The Kier molecular flexibility index (Phi) is 3.82. The highest BCUT2D eigenvalue weighted by Crippen LogP contribution is 2.26. The molecule has 1 unspecified atom stereocenters. The second-order valence-corrected chi connectivity index (χ2v) is 4.73. The molecule has 1 N–H and O–H groups in total. The fraction of sp³-hybridized carbons (Fsp3) is 0.917. The van der Waals surface area contributed by atoms with Gasteiger partial charge in [-0.2, -0.15) is 0 Å². The Morgan fingerprint density at radius 1 is 1.50 bits per heavy atom. The van der Waals surface area contributed by atoms with Crippen LogP contribution in [0.15, 0.2) is 0 Å². The van der Waals surface area contributed by atoms with Crippen LogP contribution < -0.4 is 5.32 Å². The van der Waals surface area contributed by atoms with Crippen molar-refractivity contribution in [2.24, 2.45) is 0 Å². The van der Waals surface area contributed by atoms with E-state index in [1.807, 2.05) is 6.92 Å². The molecule has 0 radical (unpaired) electrons. The lowest BCUT2D eigenvalue weighted by Crippen LogP contribution is -2.56. The lowest BCUT2D eigenvalue weighted by Gasteiger charge is -2.29. The van der Waals surface area contributed by atoms with E-state index in [1.54, 1.807) is 0 Å². The summed E-state index contributed by atoms with van der Waals surface area (Å²) in [5, 5.41) is 3.48. The Balaban J connectivity index is 1.99. The summed E-state index contributed by atoms with van der Waals surface area (Å²) in [6.07, 6.45) is 5.60. The Morgan fingerprint density at radius 3 is 2.81 bits per heavy atom. The predicted octanol–water partition coefficient (Wildman–Crippen LogP) is 1.24. The monoisotopic (exact) mass is 227 g/mol. The molecule has 1 aliphatic heterocycles. The van der Waals surface area contributed by atoms with E-state index in [9.17, 15) is 4.79 Å². The fourth-order valence-electron chi connectivity index (χ4n) is 2.63. The zero-order chi connectivity index (χ0) is 11.4. The fourth-order valence-corrected chi connectivity index (χ4v) is 2.63. The van der Waals surface area contributed by atoms with Gasteiger partial charge in [-0.05, 0) is 19.8 Å². The van der Waals surface area contributed by atoms with Gasteiger partial charge in [0.25, 0.3) is 0 Å². The number of nitrogens with one attached hydrogen (secondary N) is 1. The molecule has 0 amide bonds. The van der Waals surface area contributed by atoms with E-state index in [0.29, 0.717) is 25.9 Å². The SMILES string of the molecule is CCOC(=O)C1(NC2CCCC2)CCOC1. The molecule has 4 heteroatoms. The molecule has 2 rings (SSSR count). The van der Waals surface area contributed by atoms with Crippen molar-refractivity contribution in [3.63, 3.8) is 0 Å². The molecule has 1 aliphatic carbocycles. The van der Waals surface area contributed by atoms with E-state index in [0.717, 1.165) is 6.42 Å².